The number of aromatic nitrogens is 2. The SMILES string of the molecule is CN=C(Cc1cnn2ccc(-c3ccccc3SN3CCC(OC)CC3)cc12)NN. The summed E-state index contributed by atoms with van der Waals surface area (Å²) in [6, 6.07) is 12.9. The maximum atomic E-state index is 5.57. The minimum absolute atomic E-state index is 0.388. The summed E-state index contributed by atoms with van der Waals surface area (Å²) in [4.78, 5) is 5.45. The quantitative estimate of drug-likeness (QED) is 0.208. The minimum Gasteiger partial charge on any atom is -0.381 e. The molecule has 7 nitrogen and oxygen atoms in total. The predicted molar refractivity (Wildman–Crippen MR) is 122 cm³/mol. The number of hydrogen-bond acceptors (Lipinski definition) is 6. The van der Waals surface area contributed by atoms with Crippen molar-refractivity contribution in [2.75, 3.05) is 27.2 Å². The lowest BCUT2D eigenvalue weighted by atomic mass is 10.1. The van der Waals surface area contributed by atoms with Crippen LogP contribution in [0.1, 0.15) is 18.4 Å². The highest BCUT2D eigenvalue weighted by atomic mass is 32.2. The number of hydrazine groups is 1. The van der Waals surface area contributed by atoms with Crippen molar-refractivity contribution in [3.63, 3.8) is 0 Å². The van der Waals surface area contributed by atoms with Crippen molar-refractivity contribution in [2.24, 2.45) is 10.8 Å². The molecule has 8 heteroatoms. The van der Waals surface area contributed by atoms with Crippen molar-refractivity contribution in [3.8, 4) is 11.1 Å². The Labute approximate surface area is 181 Å². The van der Waals surface area contributed by atoms with Gasteiger partial charge in [0, 0.05) is 50.3 Å². The van der Waals surface area contributed by atoms with Gasteiger partial charge < -0.3 is 10.2 Å². The van der Waals surface area contributed by atoms with E-state index in [9.17, 15) is 0 Å². The molecule has 1 fully saturated rings. The Balaban J connectivity index is 1.61. The van der Waals surface area contributed by atoms with Crippen molar-refractivity contribution in [1.82, 2.24) is 19.3 Å². The number of piperidine rings is 1. The number of ether oxygens (including phenoxy) is 1. The molecule has 1 saturated heterocycles. The molecule has 3 aromatic rings. The van der Waals surface area contributed by atoms with Crippen LogP contribution in [0.25, 0.3) is 16.6 Å². The Morgan fingerprint density at radius 3 is 2.83 bits per heavy atom. The molecule has 2 aromatic heterocycles. The van der Waals surface area contributed by atoms with Gasteiger partial charge in [0.15, 0.2) is 0 Å². The van der Waals surface area contributed by atoms with Crippen molar-refractivity contribution >= 4 is 23.3 Å². The second-order valence-electron chi connectivity index (χ2n) is 7.36. The third kappa shape index (κ3) is 4.52. The van der Waals surface area contributed by atoms with Gasteiger partial charge in [-0.2, -0.15) is 5.10 Å². The van der Waals surface area contributed by atoms with Gasteiger partial charge in [-0.1, -0.05) is 18.2 Å². The molecule has 3 N–H and O–H groups in total. The number of methoxy groups -OCH3 is 1. The van der Waals surface area contributed by atoms with Gasteiger partial charge in [-0.15, -0.1) is 0 Å². The summed E-state index contributed by atoms with van der Waals surface area (Å²) in [5.74, 6) is 6.30. The van der Waals surface area contributed by atoms with E-state index in [2.05, 4.69) is 56.2 Å². The van der Waals surface area contributed by atoms with Gasteiger partial charge in [0.2, 0.25) is 0 Å². The lowest BCUT2D eigenvalue weighted by molar-refractivity contribution is 0.0624. The first kappa shape index (κ1) is 20.9. The van der Waals surface area contributed by atoms with Crippen LogP contribution in [-0.2, 0) is 11.2 Å². The zero-order valence-electron chi connectivity index (χ0n) is 17.4. The molecule has 0 atom stereocenters. The van der Waals surface area contributed by atoms with Crippen LogP contribution >= 0.6 is 11.9 Å². The summed E-state index contributed by atoms with van der Waals surface area (Å²) >= 11 is 1.84. The fourth-order valence-electron chi connectivity index (χ4n) is 3.79. The van der Waals surface area contributed by atoms with Crippen molar-refractivity contribution in [2.45, 2.75) is 30.3 Å². The first-order valence-corrected chi connectivity index (χ1v) is 10.9. The fraction of sp³-hybridized carbons (Fsp3) is 0.364. The highest BCUT2D eigenvalue weighted by molar-refractivity contribution is 7.97. The van der Waals surface area contributed by atoms with Crippen LogP contribution in [0, 0.1) is 0 Å². The maximum absolute atomic E-state index is 5.57. The molecule has 1 aliphatic heterocycles. The third-order valence-corrected chi connectivity index (χ3v) is 6.73. The number of hydrogen-bond donors (Lipinski definition) is 2. The van der Waals surface area contributed by atoms with Crippen LogP contribution in [0.15, 0.2) is 58.7 Å². The van der Waals surface area contributed by atoms with E-state index >= 15 is 0 Å². The Morgan fingerprint density at radius 2 is 2.10 bits per heavy atom. The van der Waals surface area contributed by atoms with Gasteiger partial charge in [-0.3, -0.25) is 4.99 Å². The van der Waals surface area contributed by atoms with E-state index in [1.165, 1.54) is 16.0 Å². The van der Waals surface area contributed by atoms with Crippen LogP contribution in [-0.4, -0.2) is 53.1 Å². The average molecular weight is 425 g/mol. The molecular weight excluding hydrogens is 396 g/mol. The van der Waals surface area contributed by atoms with Crippen LogP contribution < -0.4 is 11.3 Å². The van der Waals surface area contributed by atoms with Gasteiger partial charge in [-0.05, 0) is 54.1 Å². The third-order valence-electron chi connectivity index (χ3n) is 5.56. The lowest BCUT2D eigenvalue weighted by Gasteiger charge is -2.30. The summed E-state index contributed by atoms with van der Waals surface area (Å²) in [5, 5.41) is 4.47. The molecule has 30 heavy (non-hydrogen) atoms. The van der Waals surface area contributed by atoms with Crippen LogP contribution in [0.5, 0.6) is 0 Å². The average Bonchev–Trinajstić information content (AvgIpc) is 3.20. The number of benzene rings is 1. The zero-order chi connectivity index (χ0) is 20.9. The Bertz CT molecular complexity index is 1030. The van der Waals surface area contributed by atoms with Crippen molar-refractivity contribution < 1.29 is 4.74 Å². The Kier molecular flexibility index (Phi) is 6.69. The molecule has 1 aliphatic rings. The van der Waals surface area contributed by atoms with E-state index in [0.29, 0.717) is 12.5 Å². The number of fused-ring (bicyclic) bond motifs is 1. The molecule has 0 spiro atoms. The first-order chi connectivity index (χ1) is 14.7. The molecule has 1 aromatic carbocycles. The van der Waals surface area contributed by atoms with Crippen LogP contribution in [0.4, 0.5) is 0 Å². The number of aliphatic imine (C=N–C) groups is 1. The number of nitrogens with zero attached hydrogens (tertiary/aromatic N) is 4. The summed E-state index contributed by atoms with van der Waals surface area (Å²) in [6.45, 7) is 2.07. The van der Waals surface area contributed by atoms with E-state index in [-0.39, 0.29) is 0 Å². The summed E-state index contributed by atoms with van der Waals surface area (Å²) in [7, 11) is 3.54. The first-order valence-electron chi connectivity index (χ1n) is 10.2. The summed E-state index contributed by atoms with van der Waals surface area (Å²) in [5.41, 5.74) is 7.21. The minimum atomic E-state index is 0.388. The number of nitrogens with two attached hydrogens (primary N) is 1. The largest absolute Gasteiger partial charge is 0.381 e. The van der Waals surface area contributed by atoms with Gasteiger partial charge in [0.05, 0.1) is 17.8 Å². The molecule has 158 valence electrons. The van der Waals surface area contributed by atoms with Gasteiger partial charge in [0.25, 0.3) is 0 Å². The lowest BCUT2D eigenvalue weighted by Crippen LogP contribution is -2.32. The Morgan fingerprint density at radius 1 is 1.30 bits per heavy atom. The van der Waals surface area contributed by atoms with Gasteiger partial charge in [-0.25, -0.2) is 14.7 Å². The van der Waals surface area contributed by atoms with Gasteiger partial charge >= 0.3 is 0 Å². The second-order valence-corrected chi connectivity index (χ2v) is 8.50. The molecule has 4 rings (SSSR count). The van der Waals surface area contributed by atoms with Crippen molar-refractivity contribution in [1.29, 1.82) is 0 Å². The molecule has 0 bridgehead atoms. The monoisotopic (exact) mass is 424 g/mol. The molecule has 0 amide bonds. The molecular formula is C22H28N6OS. The molecule has 3 heterocycles. The van der Waals surface area contributed by atoms with E-state index < -0.39 is 0 Å². The standard InChI is InChI=1S/C22H28N6OS/c1-24-22(26-23)14-17-15-25-28-12-7-16(13-20(17)28)19-5-3-4-6-21(19)30-27-10-8-18(29-2)9-11-27/h3-7,12-13,15,18H,8-11,14,23H2,1-2H3,(H,24,26). The smallest absolute Gasteiger partial charge is 0.115 e. The summed E-state index contributed by atoms with van der Waals surface area (Å²) < 4.78 is 9.84. The normalized spacial score (nSPS) is 16.3. The topological polar surface area (TPSA) is 80.2 Å². The highest BCUT2D eigenvalue weighted by Gasteiger charge is 2.20. The molecule has 0 saturated carbocycles. The maximum Gasteiger partial charge on any atom is 0.115 e. The van der Waals surface area contributed by atoms with E-state index in [1.807, 2.05) is 36.0 Å². The zero-order valence-corrected chi connectivity index (χ0v) is 18.2. The summed E-state index contributed by atoms with van der Waals surface area (Å²) in [6.07, 6.45) is 7.05. The highest BCUT2D eigenvalue weighted by Crippen LogP contribution is 2.35. The number of amidine groups is 1. The number of rotatable bonds is 6. The molecule has 0 radical (unpaired) electrons. The van der Waals surface area contributed by atoms with E-state index in [0.717, 1.165) is 42.8 Å². The fourth-order valence-corrected chi connectivity index (χ4v) is 4.89. The number of pyridine rings is 1. The molecule has 0 unspecified atom stereocenters. The van der Waals surface area contributed by atoms with Gasteiger partial charge in [0.1, 0.15) is 5.84 Å². The second kappa shape index (κ2) is 9.61. The Hall–Kier alpha value is -2.39. The number of nitrogens with one attached hydrogen (secondary N) is 1. The predicted octanol–water partition coefficient (Wildman–Crippen LogP) is 3.15. The van der Waals surface area contributed by atoms with E-state index in [4.69, 9.17) is 10.6 Å². The van der Waals surface area contributed by atoms with Crippen LogP contribution in [0.2, 0.25) is 0 Å². The van der Waals surface area contributed by atoms with Crippen molar-refractivity contribution in [3.05, 3.63) is 54.4 Å². The van der Waals surface area contributed by atoms with E-state index in [1.54, 1.807) is 7.05 Å². The molecule has 0 aliphatic carbocycles. The van der Waals surface area contributed by atoms with Crippen LogP contribution in [0.3, 0.4) is 0 Å².